The largest absolute Gasteiger partial charge is 0.396 e. The van der Waals surface area contributed by atoms with Crippen LogP contribution in [-0.4, -0.2) is 29.2 Å². The number of rotatable bonds is 1. The lowest BCUT2D eigenvalue weighted by Gasteiger charge is -2.33. The Morgan fingerprint density at radius 2 is 2.00 bits per heavy atom. The average molecular weight is 198 g/mol. The number of carbonyl (C=O) groups excluding carboxylic acids is 2. The fraction of sp³-hybridized carbons (Fsp3) is 0.778. The van der Waals surface area contributed by atoms with Gasteiger partial charge in [-0.15, -0.1) is 0 Å². The van der Waals surface area contributed by atoms with Gasteiger partial charge < -0.3 is 10.4 Å². The molecule has 0 radical (unpaired) electrons. The molecule has 2 fully saturated rings. The Morgan fingerprint density at radius 1 is 1.36 bits per heavy atom. The fourth-order valence-corrected chi connectivity index (χ4v) is 2.23. The molecule has 3 amide bonds. The molecule has 5 nitrogen and oxygen atoms in total. The van der Waals surface area contributed by atoms with Gasteiger partial charge in [0.15, 0.2) is 0 Å². The molecular formula is C9H14N2O3. The van der Waals surface area contributed by atoms with E-state index in [0.717, 1.165) is 12.8 Å². The van der Waals surface area contributed by atoms with Crippen molar-refractivity contribution in [3.05, 3.63) is 0 Å². The summed E-state index contributed by atoms with van der Waals surface area (Å²) in [5.74, 6) is 0.0739. The molecule has 0 unspecified atom stereocenters. The standard InChI is InChI=1S/C9H14N2O3/c12-5-6-1-3-9(4-2-6)7(13)10-8(14)11-9/h6,12H,1-5H2,(H2,10,11,13,14). The van der Waals surface area contributed by atoms with E-state index in [4.69, 9.17) is 5.11 Å². The molecule has 0 aromatic heterocycles. The molecule has 78 valence electrons. The van der Waals surface area contributed by atoms with Gasteiger partial charge in [-0.25, -0.2) is 4.79 Å². The van der Waals surface area contributed by atoms with E-state index in [1.807, 2.05) is 0 Å². The number of hydrogen-bond donors (Lipinski definition) is 3. The lowest BCUT2D eigenvalue weighted by Crippen LogP contribution is -2.49. The average Bonchev–Trinajstić information content (AvgIpc) is 2.43. The number of amides is 3. The van der Waals surface area contributed by atoms with Gasteiger partial charge in [-0.3, -0.25) is 10.1 Å². The number of aliphatic hydroxyl groups excluding tert-OH is 1. The topological polar surface area (TPSA) is 78.4 Å². The number of carbonyl (C=O) groups is 2. The minimum absolute atomic E-state index is 0.172. The quantitative estimate of drug-likeness (QED) is 0.508. The summed E-state index contributed by atoms with van der Waals surface area (Å²) < 4.78 is 0. The van der Waals surface area contributed by atoms with Gasteiger partial charge in [0.25, 0.3) is 5.91 Å². The zero-order valence-corrected chi connectivity index (χ0v) is 7.88. The van der Waals surface area contributed by atoms with Gasteiger partial charge in [0.1, 0.15) is 5.54 Å². The van der Waals surface area contributed by atoms with Gasteiger partial charge in [0.2, 0.25) is 0 Å². The van der Waals surface area contributed by atoms with Crippen molar-refractivity contribution in [2.45, 2.75) is 31.2 Å². The van der Waals surface area contributed by atoms with E-state index < -0.39 is 11.6 Å². The Morgan fingerprint density at radius 3 is 2.43 bits per heavy atom. The molecule has 1 aliphatic heterocycles. The predicted octanol–water partition coefficient (Wildman–Crippen LogP) is -0.253. The van der Waals surface area contributed by atoms with Gasteiger partial charge >= 0.3 is 6.03 Å². The zero-order chi connectivity index (χ0) is 10.2. The second kappa shape index (κ2) is 3.24. The number of imide groups is 1. The van der Waals surface area contributed by atoms with Gasteiger partial charge in [0, 0.05) is 6.61 Å². The highest BCUT2D eigenvalue weighted by molar-refractivity contribution is 6.07. The Hall–Kier alpha value is -1.10. The molecule has 1 aliphatic carbocycles. The van der Waals surface area contributed by atoms with Gasteiger partial charge in [-0.05, 0) is 31.6 Å². The minimum atomic E-state index is -0.678. The first-order chi connectivity index (χ1) is 6.66. The van der Waals surface area contributed by atoms with Crippen LogP contribution in [-0.2, 0) is 4.79 Å². The number of nitrogens with one attached hydrogen (secondary N) is 2. The summed E-state index contributed by atoms with van der Waals surface area (Å²) >= 11 is 0. The van der Waals surface area contributed by atoms with Crippen molar-refractivity contribution in [2.75, 3.05) is 6.61 Å². The molecule has 0 atom stereocenters. The molecule has 1 heterocycles. The van der Waals surface area contributed by atoms with Crippen LogP contribution < -0.4 is 10.6 Å². The lowest BCUT2D eigenvalue weighted by molar-refractivity contribution is -0.125. The molecule has 0 bridgehead atoms. The van der Waals surface area contributed by atoms with E-state index in [1.165, 1.54) is 0 Å². The molecule has 3 N–H and O–H groups in total. The first kappa shape index (κ1) is 9.45. The maximum absolute atomic E-state index is 11.5. The van der Waals surface area contributed by atoms with E-state index in [1.54, 1.807) is 0 Å². The third-order valence-corrected chi connectivity index (χ3v) is 3.23. The number of hydrogen-bond acceptors (Lipinski definition) is 3. The van der Waals surface area contributed by atoms with Crippen molar-refractivity contribution in [2.24, 2.45) is 5.92 Å². The molecule has 5 heteroatoms. The van der Waals surface area contributed by atoms with Crippen LogP contribution in [0.4, 0.5) is 4.79 Å². The normalized spacial score (nSPS) is 37.1. The van der Waals surface area contributed by atoms with Gasteiger partial charge in [-0.1, -0.05) is 0 Å². The molecule has 14 heavy (non-hydrogen) atoms. The van der Waals surface area contributed by atoms with Crippen LogP contribution in [0, 0.1) is 5.92 Å². The van der Waals surface area contributed by atoms with Gasteiger partial charge in [0.05, 0.1) is 0 Å². The summed E-state index contributed by atoms with van der Waals surface area (Å²) in [5.41, 5.74) is -0.678. The summed E-state index contributed by atoms with van der Waals surface area (Å²) in [4.78, 5) is 22.5. The third-order valence-electron chi connectivity index (χ3n) is 3.23. The highest BCUT2D eigenvalue weighted by Gasteiger charge is 2.47. The number of aliphatic hydroxyl groups is 1. The summed E-state index contributed by atoms with van der Waals surface area (Å²) in [7, 11) is 0. The SMILES string of the molecule is O=C1NC(=O)C2(CCC(CO)CC2)N1. The Labute approximate surface area is 81.9 Å². The fourth-order valence-electron chi connectivity index (χ4n) is 2.23. The summed E-state index contributed by atoms with van der Waals surface area (Å²) in [6, 6.07) is -0.391. The lowest BCUT2D eigenvalue weighted by atomic mass is 9.77. The first-order valence-corrected chi connectivity index (χ1v) is 4.91. The van der Waals surface area contributed by atoms with Crippen molar-refractivity contribution in [3.63, 3.8) is 0 Å². The second-order valence-electron chi connectivity index (χ2n) is 4.12. The molecule has 1 saturated heterocycles. The molecular weight excluding hydrogens is 184 g/mol. The monoisotopic (exact) mass is 198 g/mol. The summed E-state index contributed by atoms with van der Waals surface area (Å²) in [5, 5.41) is 13.9. The maximum Gasteiger partial charge on any atom is 0.322 e. The molecule has 2 aliphatic rings. The smallest absolute Gasteiger partial charge is 0.322 e. The zero-order valence-electron chi connectivity index (χ0n) is 7.88. The van der Waals surface area contributed by atoms with Crippen LogP contribution in [0.2, 0.25) is 0 Å². The molecule has 1 saturated carbocycles. The predicted molar refractivity (Wildman–Crippen MR) is 48.4 cm³/mol. The van der Waals surface area contributed by atoms with Gasteiger partial charge in [-0.2, -0.15) is 0 Å². The van der Waals surface area contributed by atoms with Crippen molar-refractivity contribution in [1.82, 2.24) is 10.6 Å². The summed E-state index contributed by atoms with van der Waals surface area (Å²) in [6.07, 6.45) is 2.86. The molecule has 2 rings (SSSR count). The highest BCUT2D eigenvalue weighted by atomic mass is 16.3. The Bertz CT molecular complexity index is 269. The molecule has 0 aromatic carbocycles. The molecule has 0 aromatic rings. The van der Waals surface area contributed by atoms with E-state index in [2.05, 4.69) is 10.6 Å². The van der Waals surface area contributed by atoms with Crippen LogP contribution in [0.15, 0.2) is 0 Å². The van der Waals surface area contributed by atoms with Crippen molar-refractivity contribution < 1.29 is 14.7 Å². The summed E-state index contributed by atoms with van der Waals surface area (Å²) in [6.45, 7) is 0.172. The Balaban J connectivity index is 2.05. The van der Waals surface area contributed by atoms with Crippen LogP contribution >= 0.6 is 0 Å². The van der Waals surface area contributed by atoms with E-state index in [0.29, 0.717) is 12.8 Å². The first-order valence-electron chi connectivity index (χ1n) is 4.91. The second-order valence-corrected chi connectivity index (χ2v) is 4.12. The maximum atomic E-state index is 11.5. The minimum Gasteiger partial charge on any atom is -0.396 e. The Kier molecular flexibility index (Phi) is 2.19. The van der Waals surface area contributed by atoms with Crippen molar-refractivity contribution in [1.29, 1.82) is 0 Å². The van der Waals surface area contributed by atoms with Crippen LogP contribution in [0.5, 0.6) is 0 Å². The van der Waals surface area contributed by atoms with Crippen LogP contribution in [0.25, 0.3) is 0 Å². The highest BCUT2D eigenvalue weighted by Crippen LogP contribution is 2.33. The van der Waals surface area contributed by atoms with Crippen LogP contribution in [0.3, 0.4) is 0 Å². The van der Waals surface area contributed by atoms with E-state index in [-0.39, 0.29) is 18.4 Å². The van der Waals surface area contributed by atoms with E-state index >= 15 is 0 Å². The van der Waals surface area contributed by atoms with Crippen molar-refractivity contribution >= 4 is 11.9 Å². The molecule has 1 spiro atoms. The number of urea groups is 1. The van der Waals surface area contributed by atoms with E-state index in [9.17, 15) is 9.59 Å². The third kappa shape index (κ3) is 1.37. The van der Waals surface area contributed by atoms with Crippen molar-refractivity contribution in [3.8, 4) is 0 Å². The van der Waals surface area contributed by atoms with Crippen LogP contribution in [0.1, 0.15) is 25.7 Å².